The molecular formula is C16H15ClN2O. The number of nitrogens with zero attached hydrogens (tertiary/aromatic N) is 1. The number of carbonyl (C=O) groups is 1. The normalized spacial score (nSPS) is 13.4. The second-order valence-corrected chi connectivity index (χ2v) is 5.49. The average molecular weight is 287 g/mol. The fourth-order valence-electron chi connectivity index (χ4n) is 2.58. The Morgan fingerprint density at radius 1 is 1.25 bits per heavy atom. The largest absolute Gasteiger partial charge is 0.399 e. The first-order valence-corrected chi connectivity index (χ1v) is 6.90. The lowest BCUT2D eigenvalue weighted by Crippen LogP contribution is -2.29. The van der Waals surface area contributed by atoms with Crippen LogP contribution < -0.4 is 10.6 Å². The Labute approximate surface area is 123 Å². The molecule has 1 aliphatic heterocycles. The third-order valence-corrected chi connectivity index (χ3v) is 3.92. The van der Waals surface area contributed by atoms with Crippen molar-refractivity contribution in [1.29, 1.82) is 0 Å². The molecule has 3 rings (SSSR count). The fraction of sp³-hybridized carbons (Fsp3) is 0.188. The van der Waals surface area contributed by atoms with Crippen LogP contribution in [0.5, 0.6) is 0 Å². The molecule has 0 saturated heterocycles. The molecule has 0 bridgehead atoms. The molecule has 2 aromatic rings. The van der Waals surface area contributed by atoms with E-state index >= 15 is 0 Å². The van der Waals surface area contributed by atoms with Gasteiger partial charge in [-0.25, -0.2) is 0 Å². The van der Waals surface area contributed by atoms with Crippen molar-refractivity contribution in [3.8, 4) is 0 Å². The summed E-state index contributed by atoms with van der Waals surface area (Å²) in [7, 11) is 0. The van der Waals surface area contributed by atoms with Gasteiger partial charge in [-0.1, -0.05) is 23.7 Å². The average Bonchev–Trinajstić information content (AvgIpc) is 2.83. The summed E-state index contributed by atoms with van der Waals surface area (Å²) >= 11 is 6.00. The highest BCUT2D eigenvalue weighted by molar-refractivity contribution is 6.31. The molecule has 0 radical (unpaired) electrons. The van der Waals surface area contributed by atoms with E-state index in [0.717, 1.165) is 23.2 Å². The van der Waals surface area contributed by atoms with Crippen LogP contribution in [-0.4, -0.2) is 12.5 Å². The quantitative estimate of drug-likeness (QED) is 0.816. The highest BCUT2D eigenvalue weighted by atomic mass is 35.5. The van der Waals surface area contributed by atoms with Crippen molar-refractivity contribution in [2.24, 2.45) is 0 Å². The summed E-state index contributed by atoms with van der Waals surface area (Å²) in [4.78, 5) is 14.5. The number of hydrogen-bond acceptors (Lipinski definition) is 2. The van der Waals surface area contributed by atoms with Gasteiger partial charge >= 0.3 is 0 Å². The van der Waals surface area contributed by atoms with Gasteiger partial charge in [-0.15, -0.1) is 0 Å². The van der Waals surface area contributed by atoms with Crippen molar-refractivity contribution >= 4 is 28.9 Å². The zero-order valence-electron chi connectivity index (χ0n) is 11.2. The van der Waals surface area contributed by atoms with Gasteiger partial charge in [0.2, 0.25) is 0 Å². The summed E-state index contributed by atoms with van der Waals surface area (Å²) < 4.78 is 0. The van der Waals surface area contributed by atoms with E-state index in [1.165, 1.54) is 0 Å². The first-order valence-electron chi connectivity index (χ1n) is 6.52. The first kappa shape index (κ1) is 13.0. The van der Waals surface area contributed by atoms with E-state index in [0.29, 0.717) is 22.8 Å². The van der Waals surface area contributed by atoms with Gasteiger partial charge in [-0.05, 0) is 48.7 Å². The smallest absolute Gasteiger partial charge is 0.258 e. The highest BCUT2D eigenvalue weighted by Crippen LogP contribution is 2.31. The Balaban J connectivity index is 2.01. The minimum absolute atomic E-state index is 0.0191. The van der Waals surface area contributed by atoms with Crippen LogP contribution in [0, 0.1) is 6.92 Å². The van der Waals surface area contributed by atoms with Gasteiger partial charge in [-0.3, -0.25) is 4.79 Å². The van der Waals surface area contributed by atoms with Crippen molar-refractivity contribution in [2.45, 2.75) is 13.3 Å². The summed E-state index contributed by atoms with van der Waals surface area (Å²) in [5, 5.41) is 0.575. The number of nitrogens with two attached hydrogens (primary N) is 1. The van der Waals surface area contributed by atoms with Crippen LogP contribution in [-0.2, 0) is 6.42 Å². The van der Waals surface area contributed by atoms with Crippen LogP contribution in [0.25, 0.3) is 0 Å². The third kappa shape index (κ3) is 2.14. The van der Waals surface area contributed by atoms with E-state index in [9.17, 15) is 4.79 Å². The second kappa shape index (κ2) is 4.84. The Morgan fingerprint density at radius 2 is 2.05 bits per heavy atom. The third-order valence-electron chi connectivity index (χ3n) is 3.68. The maximum Gasteiger partial charge on any atom is 0.258 e. The van der Waals surface area contributed by atoms with Crippen LogP contribution in [0.1, 0.15) is 21.5 Å². The van der Waals surface area contributed by atoms with Gasteiger partial charge < -0.3 is 10.6 Å². The number of anilines is 2. The summed E-state index contributed by atoms with van der Waals surface area (Å²) in [6, 6.07) is 11.1. The van der Waals surface area contributed by atoms with E-state index in [1.807, 2.05) is 31.2 Å². The fourth-order valence-corrected chi connectivity index (χ4v) is 2.75. The Kier molecular flexibility index (Phi) is 3.14. The number of halogens is 1. The SMILES string of the molecule is Cc1ccc(Cl)cc1C(=O)N1CCc2ccc(N)cc21. The molecule has 0 aliphatic carbocycles. The maximum atomic E-state index is 12.7. The molecule has 0 atom stereocenters. The monoisotopic (exact) mass is 286 g/mol. The topological polar surface area (TPSA) is 46.3 Å². The number of aryl methyl sites for hydroxylation is 1. The Hall–Kier alpha value is -2.00. The molecule has 102 valence electrons. The summed E-state index contributed by atoms with van der Waals surface area (Å²) in [5.74, 6) is -0.0191. The number of benzene rings is 2. The summed E-state index contributed by atoms with van der Waals surface area (Å²) in [6.07, 6.45) is 0.862. The van der Waals surface area contributed by atoms with Crippen molar-refractivity contribution in [1.82, 2.24) is 0 Å². The van der Waals surface area contributed by atoms with Crippen molar-refractivity contribution in [3.63, 3.8) is 0 Å². The molecule has 20 heavy (non-hydrogen) atoms. The molecule has 0 saturated carbocycles. The molecule has 3 nitrogen and oxygen atoms in total. The molecule has 2 aromatic carbocycles. The summed E-state index contributed by atoms with van der Waals surface area (Å²) in [5.41, 5.74) is 10.1. The Morgan fingerprint density at radius 3 is 2.85 bits per heavy atom. The van der Waals surface area contributed by atoms with Crippen LogP contribution in [0.4, 0.5) is 11.4 Å². The number of hydrogen-bond donors (Lipinski definition) is 1. The van der Waals surface area contributed by atoms with E-state index in [2.05, 4.69) is 0 Å². The molecule has 1 heterocycles. The summed E-state index contributed by atoms with van der Waals surface area (Å²) in [6.45, 7) is 2.60. The minimum Gasteiger partial charge on any atom is -0.399 e. The molecule has 1 amide bonds. The maximum absolute atomic E-state index is 12.7. The Bertz CT molecular complexity index is 697. The van der Waals surface area contributed by atoms with Crippen molar-refractivity contribution in [3.05, 3.63) is 58.1 Å². The number of carbonyl (C=O) groups excluding carboxylic acids is 1. The number of amides is 1. The van der Waals surface area contributed by atoms with Crippen LogP contribution in [0.3, 0.4) is 0 Å². The van der Waals surface area contributed by atoms with E-state index in [1.54, 1.807) is 17.0 Å². The van der Waals surface area contributed by atoms with Gasteiger partial charge in [0.15, 0.2) is 0 Å². The van der Waals surface area contributed by atoms with E-state index < -0.39 is 0 Å². The highest BCUT2D eigenvalue weighted by Gasteiger charge is 2.26. The predicted molar refractivity (Wildman–Crippen MR) is 82.4 cm³/mol. The lowest BCUT2D eigenvalue weighted by atomic mass is 10.1. The van der Waals surface area contributed by atoms with Gasteiger partial charge in [0.1, 0.15) is 0 Å². The van der Waals surface area contributed by atoms with Gasteiger partial charge in [0, 0.05) is 28.5 Å². The second-order valence-electron chi connectivity index (χ2n) is 5.05. The zero-order valence-corrected chi connectivity index (χ0v) is 11.9. The van der Waals surface area contributed by atoms with E-state index in [-0.39, 0.29) is 5.91 Å². The van der Waals surface area contributed by atoms with E-state index in [4.69, 9.17) is 17.3 Å². The number of rotatable bonds is 1. The molecule has 0 unspecified atom stereocenters. The molecule has 4 heteroatoms. The molecule has 0 fully saturated rings. The first-order chi connectivity index (χ1) is 9.56. The molecule has 2 N–H and O–H groups in total. The van der Waals surface area contributed by atoms with Crippen molar-refractivity contribution in [2.75, 3.05) is 17.2 Å². The number of fused-ring (bicyclic) bond motifs is 1. The van der Waals surface area contributed by atoms with Gasteiger partial charge in [-0.2, -0.15) is 0 Å². The molecule has 0 aromatic heterocycles. The standard InChI is InChI=1S/C16H15ClN2O/c1-10-2-4-12(17)8-14(10)16(20)19-7-6-11-3-5-13(18)9-15(11)19/h2-5,8-9H,6-7,18H2,1H3. The van der Waals surface area contributed by atoms with Crippen LogP contribution in [0.2, 0.25) is 5.02 Å². The van der Waals surface area contributed by atoms with Crippen molar-refractivity contribution < 1.29 is 4.79 Å². The van der Waals surface area contributed by atoms with Gasteiger partial charge in [0.05, 0.1) is 0 Å². The van der Waals surface area contributed by atoms with Gasteiger partial charge in [0.25, 0.3) is 5.91 Å². The van der Waals surface area contributed by atoms with Crippen LogP contribution in [0.15, 0.2) is 36.4 Å². The molecule has 1 aliphatic rings. The lowest BCUT2D eigenvalue weighted by molar-refractivity contribution is 0.0989. The molecule has 0 spiro atoms. The molecular weight excluding hydrogens is 272 g/mol. The minimum atomic E-state index is -0.0191. The predicted octanol–water partition coefficient (Wildman–Crippen LogP) is 3.43. The van der Waals surface area contributed by atoms with Crippen LogP contribution >= 0.6 is 11.6 Å². The number of nitrogen functional groups attached to an aromatic ring is 1. The zero-order chi connectivity index (χ0) is 14.3. The lowest BCUT2D eigenvalue weighted by Gasteiger charge is -2.19.